The third-order valence-electron chi connectivity index (χ3n) is 6.75. The van der Waals surface area contributed by atoms with Crippen LogP contribution in [0.15, 0.2) is 46.5 Å². The topological polar surface area (TPSA) is 137 Å². The Bertz CT molecular complexity index is 1230. The van der Waals surface area contributed by atoms with Gasteiger partial charge in [0.1, 0.15) is 16.5 Å². The number of hydrogen-bond donors (Lipinski definition) is 3. The van der Waals surface area contributed by atoms with Gasteiger partial charge in [-0.2, -0.15) is 0 Å². The minimum Gasteiger partial charge on any atom is -0.382 e. The van der Waals surface area contributed by atoms with Crippen LogP contribution in [0.2, 0.25) is 5.02 Å². The van der Waals surface area contributed by atoms with E-state index in [-0.39, 0.29) is 28.8 Å². The molecule has 0 radical (unpaired) electrons. The number of carbonyl (C=O) groups is 1. The summed E-state index contributed by atoms with van der Waals surface area (Å²) in [7, 11) is 0. The number of benzene rings is 1. The number of rotatable bonds is 4. The SMILES string of the molecule is Nc1nc(N2CCC3(CC2)Cc2ccccc2[C@H]3N)c(C=O)nc1Sc1ccnc(N)c1Cl. The van der Waals surface area contributed by atoms with Crippen molar-refractivity contribution in [3.63, 3.8) is 0 Å². The van der Waals surface area contributed by atoms with Crippen LogP contribution in [0.5, 0.6) is 0 Å². The minimum atomic E-state index is 0.0221. The summed E-state index contributed by atoms with van der Waals surface area (Å²) in [6, 6.07) is 10.2. The average molecular weight is 482 g/mol. The molecule has 0 bridgehead atoms. The second-order valence-corrected chi connectivity index (χ2v) is 9.96. The van der Waals surface area contributed by atoms with Gasteiger partial charge in [-0.3, -0.25) is 4.79 Å². The number of carbonyl (C=O) groups excluding carboxylic acids is 1. The van der Waals surface area contributed by atoms with Gasteiger partial charge in [-0.05, 0) is 41.9 Å². The van der Waals surface area contributed by atoms with Crippen molar-refractivity contribution in [2.75, 3.05) is 29.5 Å². The summed E-state index contributed by atoms with van der Waals surface area (Å²) in [4.78, 5) is 27.6. The monoisotopic (exact) mass is 481 g/mol. The predicted molar refractivity (Wildman–Crippen MR) is 131 cm³/mol. The Morgan fingerprint density at radius 1 is 1.12 bits per heavy atom. The zero-order valence-electron chi connectivity index (χ0n) is 17.9. The van der Waals surface area contributed by atoms with Crippen molar-refractivity contribution in [3.05, 3.63) is 58.4 Å². The van der Waals surface area contributed by atoms with Crippen LogP contribution in [0.4, 0.5) is 17.5 Å². The van der Waals surface area contributed by atoms with Crippen molar-refractivity contribution in [2.24, 2.45) is 11.1 Å². The lowest BCUT2D eigenvalue weighted by molar-refractivity contribution is 0.111. The highest BCUT2D eigenvalue weighted by atomic mass is 35.5. The van der Waals surface area contributed by atoms with Crippen LogP contribution in [-0.2, 0) is 6.42 Å². The van der Waals surface area contributed by atoms with E-state index >= 15 is 0 Å². The van der Waals surface area contributed by atoms with E-state index in [4.69, 9.17) is 28.8 Å². The van der Waals surface area contributed by atoms with Gasteiger partial charge in [0.05, 0.1) is 5.02 Å². The van der Waals surface area contributed by atoms with Gasteiger partial charge < -0.3 is 22.1 Å². The number of piperidine rings is 1. The molecule has 0 saturated carbocycles. The second kappa shape index (κ2) is 8.48. The standard InChI is InChI=1S/C23H24ClN7OS/c24-17-16(5-8-28-19(17)26)33-22-20(27)30-21(15(12-32)29-22)31-9-6-23(7-10-31)11-13-3-1-2-4-14(13)18(23)25/h1-5,8,12,18H,6-7,9-11,25H2,(H2,26,28)(H2,27,30)/t18-/m1/s1. The fraction of sp³-hybridized carbons (Fsp3) is 0.304. The molecule has 3 aromatic rings. The normalized spacial score (nSPS) is 19.0. The summed E-state index contributed by atoms with van der Waals surface area (Å²) >= 11 is 7.45. The summed E-state index contributed by atoms with van der Waals surface area (Å²) < 4.78 is 0. The van der Waals surface area contributed by atoms with Crippen LogP contribution in [0, 0.1) is 5.41 Å². The van der Waals surface area contributed by atoms with Gasteiger partial charge in [0.15, 0.2) is 17.9 Å². The molecule has 0 unspecified atom stereocenters. The van der Waals surface area contributed by atoms with Crippen LogP contribution in [0.25, 0.3) is 0 Å². The molecule has 8 nitrogen and oxygen atoms in total. The van der Waals surface area contributed by atoms with E-state index in [1.54, 1.807) is 12.3 Å². The summed E-state index contributed by atoms with van der Waals surface area (Å²) in [5.41, 5.74) is 21.6. The summed E-state index contributed by atoms with van der Waals surface area (Å²) in [5.74, 6) is 0.957. The lowest BCUT2D eigenvalue weighted by Gasteiger charge is -2.42. The molecule has 1 aliphatic carbocycles. The number of fused-ring (bicyclic) bond motifs is 1. The molecule has 1 aromatic carbocycles. The largest absolute Gasteiger partial charge is 0.382 e. The van der Waals surface area contributed by atoms with E-state index in [1.807, 2.05) is 0 Å². The minimum absolute atomic E-state index is 0.0221. The average Bonchev–Trinajstić information content (AvgIpc) is 3.09. The van der Waals surface area contributed by atoms with Crippen molar-refractivity contribution in [1.29, 1.82) is 0 Å². The van der Waals surface area contributed by atoms with Gasteiger partial charge in [-0.1, -0.05) is 47.6 Å². The molecule has 1 saturated heterocycles. The Hall–Kier alpha value is -2.88. The first-order valence-corrected chi connectivity index (χ1v) is 11.9. The first-order chi connectivity index (χ1) is 15.9. The lowest BCUT2D eigenvalue weighted by Crippen LogP contribution is -2.45. The van der Waals surface area contributed by atoms with Gasteiger partial charge in [-0.15, -0.1) is 0 Å². The molecule has 1 aliphatic heterocycles. The van der Waals surface area contributed by atoms with Gasteiger partial charge >= 0.3 is 0 Å². The number of anilines is 3. The number of nitrogens with zero attached hydrogens (tertiary/aromatic N) is 4. The Labute approximate surface area is 200 Å². The predicted octanol–water partition coefficient (Wildman–Crippen LogP) is 3.50. The van der Waals surface area contributed by atoms with Crippen LogP contribution < -0.4 is 22.1 Å². The fourth-order valence-electron chi connectivity index (χ4n) is 4.92. The van der Waals surface area contributed by atoms with E-state index in [0.717, 1.165) is 38.6 Å². The first kappa shape index (κ1) is 21.9. The maximum atomic E-state index is 11.9. The van der Waals surface area contributed by atoms with Crippen LogP contribution in [-0.4, -0.2) is 34.3 Å². The molecule has 170 valence electrons. The van der Waals surface area contributed by atoms with Crippen LogP contribution >= 0.6 is 23.4 Å². The van der Waals surface area contributed by atoms with Gasteiger partial charge in [-0.25, -0.2) is 15.0 Å². The molecule has 5 rings (SSSR count). The molecule has 6 N–H and O–H groups in total. The molecule has 10 heteroatoms. The van der Waals surface area contributed by atoms with E-state index in [9.17, 15) is 4.79 Å². The number of hydrogen-bond acceptors (Lipinski definition) is 9. The number of nitrogen functional groups attached to an aromatic ring is 2. The van der Waals surface area contributed by atoms with E-state index in [0.29, 0.717) is 20.8 Å². The third kappa shape index (κ3) is 3.80. The molecular weight excluding hydrogens is 458 g/mol. The molecule has 1 fully saturated rings. The van der Waals surface area contributed by atoms with Gasteiger partial charge in [0, 0.05) is 30.2 Å². The maximum absolute atomic E-state index is 11.9. The summed E-state index contributed by atoms with van der Waals surface area (Å²) in [6.45, 7) is 1.46. The lowest BCUT2D eigenvalue weighted by atomic mass is 9.73. The number of aldehydes is 1. The molecule has 1 spiro atoms. The highest BCUT2D eigenvalue weighted by molar-refractivity contribution is 7.99. The highest BCUT2D eigenvalue weighted by Gasteiger charge is 2.46. The van der Waals surface area contributed by atoms with Crippen LogP contribution in [0.1, 0.15) is 40.5 Å². The summed E-state index contributed by atoms with van der Waals surface area (Å²) in [6.07, 6.45) is 5.07. The van der Waals surface area contributed by atoms with E-state index in [2.05, 4.69) is 44.1 Å². The zero-order valence-corrected chi connectivity index (χ0v) is 19.4. The van der Waals surface area contributed by atoms with E-state index in [1.165, 1.54) is 22.9 Å². The third-order valence-corrected chi connectivity index (χ3v) is 8.31. The number of halogens is 1. The molecule has 3 heterocycles. The quantitative estimate of drug-likeness (QED) is 0.478. The van der Waals surface area contributed by atoms with E-state index < -0.39 is 0 Å². The number of aromatic nitrogens is 3. The van der Waals surface area contributed by atoms with Gasteiger partial charge in [0.2, 0.25) is 0 Å². The Morgan fingerprint density at radius 3 is 2.61 bits per heavy atom. The zero-order chi connectivity index (χ0) is 23.2. The number of pyridine rings is 1. The molecule has 2 aliphatic rings. The van der Waals surface area contributed by atoms with Crippen molar-refractivity contribution in [2.45, 2.75) is 35.2 Å². The second-order valence-electron chi connectivity index (χ2n) is 8.55. The fourth-order valence-corrected chi connectivity index (χ4v) is 5.97. The first-order valence-electron chi connectivity index (χ1n) is 10.7. The Morgan fingerprint density at radius 2 is 1.88 bits per heavy atom. The Balaban J connectivity index is 1.37. The molecule has 2 aromatic heterocycles. The molecule has 1 atom stereocenters. The van der Waals surface area contributed by atoms with Crippen molar-refractivity contribution in [1.82, 2.24) is 15.0 Å². The molecule has 0 amide bonds. The van der Waals surface area contributed by atoms with Gasteiger partial charge in [0.25, 0.3) is 0 Å². The van der Waals surface area contributed by atoms with Crippen LogP contribution in [0.3, 0.4) is 0 Å². The van der Waals surface area contributed by atoms with Crippen molar-refractivity contribution in [3.8, 4) is 0 Å². The smallest absolute Gasteiger partial charge is 0.172 e. The van der Waals surface area contributed by atoms with Crippen molar-refractivity contribution < 1.29 is 4.79 Å². The Kier molecular flexibility index (Phi) is 5.64. The maximum Gasteiger partial charge on any atom is 0.172 e. The number of nitrogens with two attached hydrogens (primary N) is 3. The highest BCUT2D eigenvalue weighted by Crippen LogP contribution is 2.51. The molecule has 33 heavy (non-hydrogen) atoms. The summed E-state index contributed by atoms with van der Waals surface area (Å²) in [5, 5.41) is 0.714. The molecular formula is C23H24ClN7OS. The van der Waals surface area contributed by atoms with Crippen molar-refractivity contribution >= 4 is 47.1 Å².